The van der Waals surface area contributed by atoms with Crippen LogP contribution in [0.25, 0.3) is 38.9 Å². The van der Waals surface area contributed by atoms with E-state index in [0.717, 1.165) is 22.3 Å². The molecule has 0 amide bonds. The molecule has 6 rings (SSSR count). The van der Waals surface area contributed by atoms with Crippen LogP contribution in [-0.2, 0) is 6.54 Å². The first-order valence-electron chi connectivity index (χ1n) is 10.2. The van der Waals surface area contributed by atoms with E-state index in [0.29, 0.717) is 33.8 Å². The molecule has 3 heterocycles. The zero-order chi connectivity index (χ0) is 21.7. The first kappa shape index (κ1) is 18.7. The molecular formula is C25H16ClN5O. The minimum Gasteiger partial charge on any atom is -0.294 e. The van der Waals surface area contributed by atoms with E-state index in [1.807, 2.05) is 71.3 Å². The standard InChI is InChI=1S/C25H16ClN5O/c26-17-10-12-18(13-11-17)31-23-21(22-24(31)29-20-9-5-4-8-19(20)28-22)25(32)30(15-27-23)14-16-6-2-1-3-7-16/h1-13,15H,14H2. The number of fused-ring (bicyclic) bond motifs is 4. The van der Waals surface area contributed by atoms with Gasteiger partial charge < -0.3 is 0 Å². The van der Waals surface area contributed by atoms with Crippen LogP contribution >= 0.6 is 11.6 Å². The van der Waals surface area contributed by atoms with E-state index in [2.05, 4.69) is 4.98 Å². The van der Waals surface area contributed by atoms with Gasteiger partial charge in [-0.05, 0) is 42.0 Å². The van der Waals surface area contributed by atoms with Gasteiger partial charge in [0.1, 0.15) is 17.2 Å². The molecule has 6 aromatic rings. The molecule has 0 aliphatic heterocycles. The largest absolute Gasteiger partial charge is 0.294 e. The van der Waals surface area contributed by atoms with Gasteiger partial charge in [-0.15, -0.1) is 0 Å². The van der Waals surface area contributed by atoms with Crippen LogP contribution in [0.3, 0.4) is 0 Å². The summed E-state index contributed by atoms with van der Waals surface area (Å²) in [6.45, 7) is 0.428. The zero-order valence-corrected chi connectivity index (χ0v) is 17.6. The highest BCUT2D eigenvalue weighted by Gasteiger charge is 2.20. The third-order valence-electron chi connectivity index (χ3n) is 5.51. The summed E-state index contributed by atoms with van der Waals surface area (Å²) in [5.41, 5.74) is 4.81. The number of rotatable bonds is 3. The van der Waals surface area contributed by atoms with Gasteiger partial charge in [-0.25, -0.2) is 15.0 Å². The first-order valence-corrected chi connectivity index (χ1v) is 10.5. The predicted octanol–water partition coefficient (Wildman–Crippen LogP) is 4.99. The number of hydrogen-bond acceptors (Lipinski definition) is 4. The van der Waals surface area contributed by atoms with Crippen molar-refractivity contribution in [1.82, 2.24) is 24.1 Å². The highest BCUT2D eigenvalue weighted by Crippen LogP contribution is 2.28. The van der Waals surface area contributed by atoms with Crippen LogP contribution in [0.1, 0.15) is 5.56 Å². The minimum absolute atomic E-state index is 0.152. The number of nitrogens with zero attached hydrogens (tertiary/aromatic N) is 5. The molecule has 0 N–H and O–H groups in total. The minimum atomic E-state index is -0.152. The van der Waals surface area contributed by atoms with Gasteiger partial charge in [0.25, 0.3) is 5.56 Å². The Labute approximate surface area is 187 Å². The third-order valence-corrected chi connectivity index (χ3v) is 5.76. The number of halogens is 1. The van der Waals surface area contributed by atoms with Crippen LogP contribution in [0, 0.1) is 0 Å². The Morgan fingerprint density at radius 3 is 2.22 bits per heavy atom. The molecule has 0 saturated carbocycles. The maximum Gasteiger partial charge on any atom is 0.265 e. The lowest BCUT2D eigenvalue weighted by atomic mass is 10.2. The van der Waals surface area contributed by atoms with Gasteiger partial charge >= 0.3 is 0 Å². The Kier molecular flexibility index (Phi) is 4.26. The molecule has 0 atom stereocenters. The summed E-state index contributed by atoms with van der Waals surface area (Å²) >= 11 is 6.10. The number of benzene rings is 3. The Bertz CT molecular complexity index is 1670. The summed E-state index contributed by atoms with van der Waals surface area (Å²) in [6.07, 6.45) is 1.59. The average Bonchev–Trinajstić information content (AvgIpc) is 3.14. The van der Waals surface area contributed by atoms with Crippen molar-refractivity contribution in [3.8, 4) is 5.69 Å². The molecular weight excluding hydrogens is 422 g/mol. The topological polar surface area (TPSA) is 65.6 Å². The monoisotopic (exact) mass is 437 g/mol. The van der Waals surface area contributed by atoms with Crippen LogP contribution in [0.4, 0.5) is 0 Å². The molecule has 0 saturated heterocycles. The zero-order valence-electron chi connectivity index (χ0n) is 16.8. The van der Waals surface area contributed by atoms with Gasteiger partial charge in [0.2, 0.25) is 0 Å². The van der Waals surface area contributed by atoms with Crippen LogP contribution in [0.5, 0.6) is 0 Å². The molecule has 0 fully saturated rings. The lowest BCUT2D eigenvalue weighted by Gasteiger charge is -2.08. The summed E-state index contributed by atoms with van der Waals surface area (Å²) in [4.78, 5) is 27.9. The predicted molar refractivity (Wildman–Crippen MR) is 126 cm³/mol. The Hall–Kier alpha value is -4.03. The molecule has 154 valence electrons. The van der Waals surface area contributed by atoms with Crippen molar-refractivity contribution in [2.75, 3.05) is 0 Å². The molecule has 0 radical (unpaired) electrons. The van der Waals surface area contributed by atoms with Gasteiger partial charge in [0.15, 0.2) is 11.3 Å². The Balaban J connectivity index is 1.70. The van der Waals surface area contributed by atoms with E-state index >= 15 is 0 Å². The van der Waals surface area contributed by atoms with Crippen molar-refractivity contribution in [2.45, 2.75) is 6.54 Å². The maximum absolute atomic E-state index is 13.6. The van der Waals surface area contributed by atoms with Gasteiger partial charge in [-0.3, -0.25) is 13.9 Å². The van der Waals surface area contributed by atoms with E-state index in [1.165, 1.54) is 0 Å². The lowest BCUT2D eigenvalue weighted by Crippen LogP contribution is -2.21. The Morgan fingerprint density at radius 2 is 1.47 bits per heavy atom. The van der Waals surface area contributed by atoms with Crippen LogP contribution < -0.4 is 5.56 Å². The Morgan fingerprint density at radius 1 is 0.781 bits per heavy atom. The molecule has 32 heavy (non-hydrogen) atoms. The molecule has 7 heteroatoms. The van der Waals surface area contributed by atoms with Crippen molar-refractivity contribution in [3.63, 3.8) is 0 Å². The second kappa shape index (κ2) is 7.28. The van der Waals surface area contributed by atoms with E-state index in [9.17, 15) is 4.79 Å². The van der Waals surface area contributed by atoms with Gasteiger partial charge in [0, 0.05) is 10.7 Å². The van der Waals surface area contributed by atoms with Crippen molar-refractivity contribution >= 4 is 44.8 Å². The van der Waals surface area contributed by atoms with Crippen molar-refractivity contribution in [3.05, 3.63) is 106 Å². The SMILES string of the molecule is O=c1c2c3nc4ccccc4nc3n(-c3ccc(Cl)cc3)c2ncn1Cc1ccccc1. The highest BCUT2D eigenvalue weighted by atomic mass is 35.5. The molecule has 0 aliphatic carbocycles. The van der Waals surface area contributed by atoms with Crippen molar-refractivity contribution in [1.29, 1.82) is 0 Å². The summed E-state index contributed by atoms with van der Waals surface area (Å²) in [5.74, 6) is 0. The fourth-order valence-corrected chi connectivity index (χ4v) is 4.13. The van der Waals surface area contributed by atoms with Crippen molar-refractivity contribution < 1.29 is 0 Å². The first-order chi connectivity index (χ1) is 15.7. The normalized spacial score (nSPS) is 11.5. The van der Waals surface area contributed by atoms with E-state index in [-0.39, 0.29) is 5.56 Å². The molecule has 0 bridgehead atoms. The second-order valence-electron chi connectivity index (χ2n) is 7.56. The van der Waals surface area contributed by atoms with Crippen molar-refractivity contribution in [2.24, 2.45) is 0 Å². The summed E-state index contributed by atoms with van der Waals surface area (Å²) in [5, 5.41) is 1.08. The fraction of sp³-hybridized carbons (Fsp3) is 0.0400. The molecule has 3 aromatic heterocycles. The number of hydrogen-bond donors (Lipinski definition) is 0. The summed E-state index contributed by atoms with van der Waals surface area (Å²) in [6, 6.07) is 24.8. The summed E-state index contributed by atoms with van der Waals surface area (Å²) in [7, 11) is 0. The van der Waals surface area contributed by atoms with Crippen LogP contribution in [0.2, 0.25) is 5.02 Å². The smallest absolute Gasteiger partial charge is 0.265 e. The quantitative estimate of drug-likeness (QED) is 0.391. The lowest BCUT2D eigenvalue weighted by molar-refractivity contribution is 0.747. The number of para-hydroxylation sites is 2. The molecule has 0 aliphatic rings. The highest BCUT2D eigenvalue weighted by molar-refractivity contribution is 6.30. The van der Waals surface area contributed by atoms with Crippen LogP contribution in [0.15, 0.2) is 90.0 Å². The summed E-state index contributed by atoms with van der Waals surface area (Å²) < 4.78 is 3.48. The average molecular weight is 438 g/mol. The molecule has 0 spiro atoms. The van der Waals surface area contributed by atoms with E-state index in [4.69, 9.17) is 21.6 Å². The maximum atomic E-state index is 13.6. The molecule has 0 unspecified atom stereocenters. The fourth-order valence-electron chi connectivity index (χ4n) is 4.00. The van der Waals surface area contributed by atoms with Crippen LogP contribution in [-0.4, -0.2) is 24.1 Å². The molecule has 6 nitrogen and oxygen atoms in total. The third kappa shape index (κ3) is 2.96. The van der Waals surface area contributed by atoms with Gasteiger partial charge in [-0.2, -0.15) is 0 Å². The van der Waals surface area contributed by atoms with Gasteiger partial charge in [0.05, 0.1) is 17.6 Å². The van der Waals surface area contributed by atoms with E-state index < -0.39 is 0 Å². The molecule has 3 aromatic carbocycles. The van der Waals surface area contributed by atoms with Gasteiger partial charge in [-0.1, -0.05) is 54.1 Å². The second-order valence-corrected chi connectivity index (χ2v) is 7.99. The number of aromatic nitrogens is 5. The van der Waals surface area contributed by atoms with E-state index in [1.54, 1.807) is 23.0 Å².